The summed E-state index contributed by atoms with van der Waals surface area (Å²) in [7, 11) is -5.14. The van der Waals surface area contributed by atoms with Crippen molar-refractivity contribution in [2.75, 3.05) is 26.4 Å². The van der Waals surface area contributed by atoms with E-state index < -0.39 is 71.5 Å². The normalized spacial score (nSPS) is 20.3. The first-order valence-electron chi connectivity index (χ1n) is 13.8. The fraction of sp³-hybridized carbons (Fsp3) is 0.815. The molecule has 2 atom stereocenters. The topological polar surface area (TPSA) is 156 Å². The van der Waals surface area contributed by atoms with Gasteiger partial charge in [-0.25, -0.2) is 8.42 Å². The number of carbonyl (C=O) groups excluding carboxylic acids is 3. The zero-order chi connectivity index (χ0) is 28.3. The van der Waals surface area contributed by atoms with Gasteiger partial charge in [-0.3, -0.25) is 14.4 Å². The summed E-state index contributed by atoms with van der Waals surface area (Å²) < 4.78 is 48.8. The van der Waals surface area contributed by atoms with Crippen LogP contribution >= 0.6 is 0 Å². The average Bonchev–Trinajstić information content (AvgIpc) is 2.94. The molecule has 39 heavy (non-hydrogen) atoms. The molecule has 1 aliphatic rings. The van der Waals surface area contributed by atoms with E-state index in [0.717, 1.165) is 38.5 Å². The van der Waals surface area contributed by atoms with Gasteiger partial charge in [0, 0.05) is 6.42 Å². The van der Waals surface area contributed by atoms with E-state index in [1.165, 1.54) is 38.5 Å². The van der Waals surface area contributed by atoms with Gasteiger partial charge in [-0.05, 0) is 32.1 Å². The first-order valence-corrected chi connectivity index (χ1v) is 15.3. The second-order valence-corrected chi connectivity index (χ2v) is 11.7. The van der Waals surface area contributed by atoms with Crippen LogP contribution in [0.5, 0.6) is 0 Å². The van der Waals surface area contributed by atoms with E-state index in [-0.39, 0.29) is 57.8 Å². The predicted octanol–water partition coefficient (Wildman–Crippen LogP) is 0.954. The minimum Gasteiger partial charge on any atom is -0.747 e. The maximum absolute atomic E-state index is 12.2. The van der Waals surface area contributed by atoms with Gasteiger partial charge in [0.15, 0.2) is 5.25 Å². The van der Waals surface area contributed by atoms with Crippen molar-refractivity contribution in [3.8, 4) is 0 Å². The van der Waals surface area contributed by atoms with Gasteiger partial charge in [0.25, 0.3) is 0 Å². The molecule has 1 fully saturated rings. The second-order valence-electron chi connectivity index (χ2n) is 10.1. The molecular weight excluding hydrogens is 555 g/mol. The van der Waals surface area contributed by atoms with Crippen LogP contribution in [-0.4, -0.2) is 67.7 Å². The number of aliphatic hydroxyl groups excluding tert-OH is 1. The van der Waals surface area contributed by atoms with Gasteiger partial charge in [0.05, 0.1) is 18.4 Å². The van der Waals surface area contributed by atoms with Crippen molar-refractivity contribution in [3.63, 3.8) is 0 Å². The molecule has 1 rings (SSSR count). The average molecular weight is 601 g/mol. The molecule has 0 amide bonds. The summed E-state index contributed by atoms with van der Waals surface area (Å²) in [6.45, 7) is 0.112. The molecule has 0 bridgehead atoms. The third kappa shape index (κ3) is 17.9. The molecule has 0 spiro atoms. The van der Waals surface area contributed by atoms with E-state index in [4.69, 9.17) is 14.2 Å². The Kier molecular flexibility index (Phi) is 22.1. The molecule has 10 nitrogen and oxygen atoms in total. The summed E-state index contributed by atoms with van der Waals surface area (Å²) in [5.41, 5.74) is -1.45. The number of hydrogen-bond acceptors (Lipinski definition) is 10. The number of allylic oxidation sites excluding steroid dienone is 2. The number of unbranched alkanes of at least 4 members (excludes halogenated alkanes) is 11. The third-order valence-electron chi connectivity index (χ3n) is 6.54. The van der Waals surface area contributed by atoms with Crippen LogP contribution in [-0.2, 0) is 38.7 Å². The van der Waals surface area contributed by atoms with Crippen molar-refractivity contribution >= 4 is 28.0 Å². The van der Waals surface area contributed by atoms with Crippen molar-refractivity contribution in [2.24, 2.45) is 5.41 Å². The molecule has 0 aromatic rings. The van der Waals surface area contributed by atoms with Crippen LogP contribution in [0, 0.1) is 5.41 Å². The van der Waals surface area contributed by atoms with E-state index in [1.807, 2.05) is 0 Å². The van der Waals surface area contributed by atoms with Gasteiger partial charge in [-0.2, -0.15) is 0 Å². The van der Waals surface area contributed by atoms with Crippen LogP contribution < -0.4 is 51.4 Å². The summed E-state index contributed by atoms with van der Waals surface area (Å²) in [6, 6.07) is 0. The Morgan fingerprint density at radius 3 is 2.08 bits per heavy atom. The Hall–Kier alpha value is -0.344. The SMILES string of the molecule is CCCCCCCC/C=C/CCCCCCCC(=O)OCC1(CO)COC(=O)CC(S(=O)(=O)[O-])C(=O)OC1.[K+]. The molecule has 0 aromatic heterocycles. The van der Waals surface area contributed by atoms with Crippen LogP contribution in [0.2, 0.25) is 0 Å². The van der Waals surface area contributed by atoms with Crippen molar-refractivity contribution in [2.45, 2.75) is 108 Å². The first-order chi connectivity index (χ1) is 18.1. The number of hydrogen-bond donors (Lipinski definition) is 1. The standard InChI is InChI=1S/C27H46O10S.K/c1-2-3-4-5-6-7-8-9-10-11-12-13-14-15-16-17-24(29)35-20-27(19-28)21-36-25(30)18-23(38(32,33)34)26(31)37-22-27;/h9-10,23,28H,2-8,11-22H2,1H3,(H,32,33,34);/q;+1/p-1/b10-9+;. The Morgan fingerprint density at radius 1 is 0.974 bits per heavy atom. The van der Waals surface area contributed by atoms with E-state index in [2.05, 4.69) is 19.1 Å². The number of ether oxygens (including phenoxy) is 3. The van der Waals surface area contributed by atoms with E-state index in [1.54, 1.807) is 0 Å². The quantitative estimate of drug-likeness (QED) is 0.0566. The van der Waals surface area contributed by atoms with Crippen molar-refractivity contribution < 1.29 is 98.1 Å². The van der Waals surface area contributed by atoms with Crippen molar-refractivity contribution in [3.05, 3.63) is 12.2 Å². The first kappa shape index (κ1) is 38.7. The summed E-state index contributed by atoms with van der Waals surface area (Å²) in [5.74, 6) is -3.02. The zero-order valence-electron chi connectivity index (χ0n) is 23.7. The molecule has 0 aliphatic carbocycles. The molecule has 1 N–H and O–H groups in total. The Labute approximate surface area is 276 Å². The maximum atomic E-state index is 12.2. The van der Waals surface area contributed by atoms with Crippen LogP contribution in [0.4, 0.5) is 0 Å². The number of carbonyl (C=O) groups is 3. The molecule has 1 aliphatic heterocycles. The van der Waals surface area contributed by atoms with Crippen molar-refractivity contribution in [1.29, 1.82) is 0 Å². The monoisotopic (exact) mass is 600 g/mol. The molecule has 0 aromatic carbocycles. The maximum Gasteiger partial charge on any atom is 1.00 e. The molecule has 220 valence electrons. The fourth-order valence-corrected chi connectivity index (χ4v) is 4.62. The predicted molar refractivity (Wildman–Crippen MR) is 140 cm³/mol. The minimum atomic E-state index is -5.14. The van der Waals surface area contributed by atoms with Crippen LogP contribution in [0.25, 0.3) is 0 Å². The number of esters is 3. The Bertz CT molecular complexity index is 846. The Morgan fingerprint density at radius 2 is 1.51 bits per heavy atom. The van der Waals surface area contributed by atoms with E-state index >= 15 is 0 Å². The molecule has 1 saturated heterocycles. The minimum absolute atomic E-state index is 0. The van der Waals surface area contributed by atoms with E-state index in [9.17, 15) is 32.5 Å². The Balaban J connectivity index is 0.0000144. The van der Waals surface area contributed by atoms with Crippen LogP contribution in [0.15, 0.2) is 12.2 Å². The van der Waals surface area contributed by atoms with Gasteiger partial charge in [-0.15, -0.1) is 0 Å². The van der Waals surface area contributed by atoms with E-state index in [0.29, 0.717) is 6.42 Å². The number of aliphatic hydroxyl groups is 1. The molecule has 1 heterocycles. The van der Waals surface area contributed by atoms with Crippen molar-refractivity contribution in [1.82, 2.24) is 0 Å². The zero-order valence-corrected chi connectivity index (χ0v) is 27.6. The summed E-state index contributed by atoms with van der Waals surface area (Å²) in [4.78, 5) is 36.1. The second kappa shape index (κ2) is 22.3. The number of cyclic esters (lactones) is 2. The summed E-state index contributed by atoms with van der Waals surface area (Å²) in [6.07, 6.45) is 18.5. The largest absolute Gasteiger partial charge is 1.00 e. The van der Waals surface area contributed by atoms with Gasteiger partial charge < -0.3 is 23.9 Å². The van der Waals surface area contributed by atoms with Gasteiger partial charge in [0.2, 0.25) is 0 Å². The molecule has 0 saturated carbocycles. The fourth-order valence-electron chi connectivity index (χ4n) is 3.97. The third-order valence-corrected chi connectivity index (χ3v) is 7.60. The summed E-state index contributed by atoms with van der Waals surface area (Å²) in [5, 5.41) is 7.59. The molecule has 0 radical (unpaired) electrons. The smallest absolute Gasteiger partial charge is 0.747 e. The van der Waals surface area contributed by atoms with Gasteiger partial charge in [-0.1, -0.05) is 70.4 Å². The van der Waals surface area contributed by atoms with Crippen LogP contribution in [0.1, 0.15) is 103 Å². The van der Waals surface area contributed by atoms with Crippen LogP contribution in [0.3, 0.4) is 0 Å². The number of rotatable bonds is 19. The molecule has 12 heteroatoms. The van der Waals surface area contributed by atoms with Gasteiger partial charge in [0.1, 0.15) is 29.9 Å². The summed E-state index contributed by atoms with van der Waals surface area (Å²) >= 11 is 0. The molecular formula is C27H45KO10S. The van der Waals surface area contributed by atoms with Gasteiger partial charge >= 0.3 is 69.3 Å². The molecule has 2 unspecified atom stereocenters.